The summed E-state index contributed by atoms with van der Waals surface area (Å²) in [7, 11) is -0.980. The number of halogens is 1. The molecule has 1 aliphatic heterocycles. The van der Waals surface area contributed by atoms with E-state index >= 15 is 0 Å². The van der Waals surface area contributed by atoms with Crippen molar-refractivity contribution in [2.45, 2.75) is 26.4 Å². The van der Waals surface area contributed by atoms with E-state index in [0.29, 0.717) is 21.8 Å². The molecule has 0 unspecified atom stereocenters. The standard InChI is InChI=1S/C17H19BClNO3/c1-11(6-5-7-12(2)19)16(21)20-13-8-9-14-15(10-13)18(22)23-17(14,3)4/h5-10,22H,2H2,1,3-4H3,(H,20,21)/b7-5-,11-6+. The quantitative estimate of drug-likeness (QED) is 0.507. The Morgan fingerprint density at radius 3 is 2.83 bits per heavy atom. The molecule has 1 heterocycles. The van der Waals surface area contributed by atoms with Crippen molar-refractivity contribution in [1.82, 2.24) is 0 Å². The van der Waals surface area contributed by atoms with E-state index in [1.54, 1.807) is 37.3 Å². The summed E-state index contributed by atoms with van der Waals surface area (Å²) in [6.07, 6.45) is 4.91. The number of hydrogen-bond acceptors (Lipinski definition) is 3. The zero-order valence-electron chi connectivity index (χ0n) is 13.4. The van der Waals surface area contributed by atoms with Gasteiger partial charge in [-0.25, -0.2) is 0 Å². The molecule has 0 spiro atoms. The Morgan fingerprint density at radius 2 is 2.17 bits per heavy atom. The lowest BCUT2D eigenvalue weighted by Gasteiger charge is -2.19. The van der Waals surface area contributed by atoms with Crippen molar-refractivity contribution in [2.75, 3.05) is 5.32 Å². The molecule has 0 bridgehead atoms. The molecule has 0 atom stereocenters. The predicted molar refractivity (Wildman–Crippen MR) is 94.7 cm³/mol. The van der Waals surface area contributed by atoms with E-state index in [9.17, 15) is 9.82 Å². The number of carbonyl (C=O) groups excluding carboxylic acids is 1. The molecular formula is C17H19BClNO3. The van der Waals surface area contributed by atoms with Crippen LogP contribution in [0.3, 0.4) is 0 Å². The number of fused-ring (bicyclic) bond motifs is 1. The number of allylic oxidation sites excluding steroid dienone is 4. The number of anilines is 1. The van der Waals surface area contributed by atoms with Gasteiger partial charge >= 0.3 is 7.12 Å². The SMILES string of the molecule is C=C(Cl)/C=C\C=C(/C)C(=O)Nc1ccc2c(c1)B(O)OC2(C)C. The number of hydrogen-bond donors (Lipinski definition) is 2. The second kappa shape index (κ2) is 6.75. The topological polar surface area (TPSA) is 58.6 Å². The Labute approximate surface area is 141 Å². The lowest BCUT2D eigenvalue weighted by Crippen LogP contribution is -2.29. The highest BCUT2D eigenvalue weighted by molar-refractivity contribution is 6.62. The van der Waals surface area contributed by atoms with Gasteiger partial charge in [-0.1, -0.05) is 36.4 Å². The monoisotopic (exact) mass is 331 g/mol. The third-order valence-electron chi connectivity index (χ3n) is 3.61. The highest BCUT2D eigenvalue weighted by Crippen LogP contribution is 2.30. The average molecular weight is 332 g/mol. The lowest BCUT2D eigenvalue weighted by atomic mass is 9.78. The molecule has 1 aromatic rings. The van der Waals surface area contributed by atoms with Crippen LogP contribution in [-0.2, 0) is 15.0 Å². The first-order valence-electron chi connectivity index (χ1n) is 7.22. The molecule has 2 rings (SSSR count). The smallest absolute Gasteiger partial charge is 0.423 e. The lowest BCUT2D eigenvalue weighted by molar-refractivity contribution is -0.112. The van der Waals surface area contributed by atoms with Crippen molar-refractivity contribution in [3.63, 3.8) is 0 Å². The normalized spacial score (nSPS) is 16.6. The number of benzene rings is 1. The fraction of sp³-hybridized carbons (Fsp3) is 0.235. The fourth-order valence-electron chi connectivity index (χ4n) is 2.40. The van der Waals surface area contributed by atoms with E-state index in [1.807, 2.05) is 19.9 Å². The van der Waals surface area contributed by atoms with Crippen LogP contribution in [-0.4, -0.2) is 18.0 Å². The Hall–Kier alpha value is -1.82. The van der Waals surface area contributed by atoms with Gasteiger partial charge in [-0.3, -0.25) is 4.79 Å². The van der Waals surface area contributed by atoms with Crippen LogP contribution in [0.2, 0.25) is 0 Å². The molecule has 23 heavy (non-hydrogen) atoms. The van der Waals surface area contributed by atoms with Crippen molar-refractivity contribution in [3.05, 3.63) is 59.2 Å². The van der Waals surface area contributed by atoms with Gasteiger partial charge < -0.3 is 15.0 Å². The average Bonchev–Trinajstić information content (AvgIpc) is 2.68. The molecule has 0 saturated carbocycles. The minimum Gasteiger partial charge on any atom is -0.423 e. The van der Waals surface area contributed by atoms with Crippen LogP contribution in [0.25, 0.3) is 0 Å². The summed E-state index contributed by atoms with van der Waals surface area (Å²) in [5, 5.41) is 13.2. The van der Waals surface area contributed by atoms with Gasteiger partial charge in [0.25, 0.3) is 5.91 Å². The van der Waals surface area contributed by atoms with Crippen molar-refractivity contribution in [3.8, 4) is 0 Å². The van der Waals surface area contributed by atoms with Crippen molar-refractivity contribution in [1.29, 1.82) is 0 Å². The highest BCUT2D eigenvalue weighted by atomic mass is 35.5. The molecule has 1 aromatic carbocycles. The number of nitrogens with one attached hydrogen (secondary N) is 1. The van der Waals surface area contributed by atoms with Crippen LogP contribution in [0.4, 0.5) is 5.69 Å². The first-order chi connectivity index (χ1) is 10.7. The number of rotatable bonds is 4. The Kier molecular flexibility index (Phi) is 5.14. The van der Waals surface area contributed by atoms with E-state index in [4.69, 9.17) is 16.3 Å². The zero-order valence-corrected chi connectivity index (χ0v) is 14.1. The molecule has 1 amide bonds. The molecular weight excluding hydrogens is 312 g/mol. The maximum absolute atomic E-state index is 12.1. The zero-order chi connectivity index (χ0) is 17.2. The minimum absolute atomic E-state index is 0.234. The molecule has 120 valence electrons. The molecule has 0 radical (unpaired) electrons. The summed E-state index contributed by atoms with van der Waals surface area (Å²) >= 11 is 5.61. The van der Waals surface area contributed by atoms with Gasteiger partial charge in [0, 0.05) is 16.3 Å². The summed E-state index contributed by atoms with van der Waals surface area (Å²) in [6.45, 7) is 9.02. The first kappa shape index (κ1) is 17.5. The summed E-state index contributed by atoms with van der Waals surface area (Å²) in [5.74, 6) is -0.234. The molecule has 2 N–H and O–H groups in total. The van der Waals surface area contributed by atoms with E-state index in [2.05, 4.69) is 11.9 Å². The van der Waals surface area contributed by atoms with Gasteiger partial charge in [-0.15, -0.1) is 0 Å². The Balaban J connectivity index is 2.14. The third kappa shape index (κ3) is 4.13. The van der Waals surface area contributed by atoms with Gasteiger partial charge in [0.1, 0.15) is 0 Å². The van der Waals surface area contributed by atoms with Crippen molar-refractivity contribution >= 4 is 35.8 Å². The van der Waals surface area contributed by atoms with Crippen LogP contribution in [0.1, 0.15) is 26.3 Å². The van der Waals surface area contributed by atoms with Crippen molar-refractivity contribution in [2.24, 2.45) is 0 Å². The molecule has 0 aliphatic carbocycles. The van der Waals surface area contributed by atoms with Gasteiger partial charge in [0.2, 0.25) is 0 Å². The summed E-state index contributed by atoms with van der Waals surface area (Å²) in [5.41, 5.74) is 2.18. The van der Waals surface area contributed by atoms with E-state index < -0.39 is 12.7 Å². The Bertz CT molecular complexity index is 710. The van der Waals surface area contributed by atoms with E-state index in [1.165, 1.54) is 0 Å². The maximum atomic E-state index is 12.1. The van der Waals surface area contributed by atoms with Gasteiger partial charge in [0.15, 0.2) is 0 Å². The minimum atomic E-state index is -0.980. The molecule has 0 aromatic heterocycles. The molecule has 0 saturated heterocycles. The fourth-order valence-corrected chi connectivity index (χ4v) is 2.47. The van der Waals surface area contributed by atoms with Crippen LogP contribution >= 0.6 is 11.6 Å². The van der Waals surface area contributed by atoms with Crippen LogP contribution in [0, 0.1) is 0 Å². The maximum Gasteiger partial charge on any atom is 0.492 e. The summed E-state index contributed by atoms with van der Waals surface area (Å²) < 4.78 is 5.50. The first-order valence-corrected chi connectivity index (χ1v) is 7.59. The van der Waals surface area contributed by atoms with Gasteiger partial charge in [-0.2, -0.15) is 0 Å². The second-order valence-electron chi connectivity index (χ2n) is 5.89. The number of carbonyl (C=O) groups is 1. The predicted octanol–water partition coefficient (Wildman–Crippen LogP) is 2.83. The van der Waals surface area contributed by atoms with Crippen molar-refractivity contribution < 1.29 is 14.5 Å². The largest absolute Gasteiger partial charge is 0.492 e. The van der Waals surface area contributed by atoms with Gasteiger partial charge in [-0.05, 0) is 50.0 Å². The third-order valence-corrected chi connectivity index (χ3v) is 3.74. The molecule has 6 heteroatoms. The summed E-state index contributed by atoms with van der Waals surface area (Å²) in [4.78, 5) is 12.1. The molecule has 0 fully saturated rings. The Morgan fingerprint density at radius 1 is 1.48 bits per heavy atom. The number of amides is 1. The van der Waals surface area contributed by atoms with Crippen LogP contribution < -0.4 is 10.8 Å². The second-order valence-corrected chi connectivity index (χ2v) is 6.38. The summed E-state index contributed by atoms with van der Waals surface area (Å²) in [6, 6.07) is 5.39. The van der Waals surface area contributed by atoms with E-state index in [0.717, 1.165) is 5.56 Å². The van der Waals surface area contributed by atoms with E-state index in [-0.39, 0.29) is 5.91 Å². The van der Waals surface area contributed by atoms with Gasteiger partial charge in [0.05, 0.1) is 5.60 Å². The van der Waals surface area contributed by atoms with Crippen LogP contribution in [0.5, 0.6) is 0 Å². The highest BCUT2D eigenvalue weighted by Gasteiger charge is 2.40. The molecule has 1 aliphatic rings. The van der Waals surface area contributed by atoms with Crippen LogP contribution in [0.15, 0.2) is 53.6 Å². The molecule has 4 nitrogen and oxygen atoms in total.